The molecule has 0 amide bonds. The Kier molecular flexibility index (Phi) is 2.03. The van der Waals surface area contributed by atoms with Crippen LogP contribution in [0.3, 0.4) is 0 Å². The molecule has 0 unspecified atom stereocenters. The van der Waals surface area contributed by atoms with Crippen molar-refractivity contribution in [2.45, 2.75) is 6.10 Å². The Bertz CT molecular complexity index is 475. The first-order valence-corrected chi connectivity index (χ1v) is 5.14. The lowest BCUT2D eigenvalue weighted by molar-refractivity contribution is 0.144. The van der Waals surface area contributed by atoms with Gasteiger partial charge in [0.15, 0.2) is 0 Å². The molecule has 2 aromatic rings. The highest BCUT2D eigenvalue weighted by atomic mass is 16.5. The molecular weight excluding hydrogens is 188 g/mol. The molecule has 3 nitrogen and oxygen atoms in total. The van der Waals surface area contributed by atoms with Gasteiger partial charge in [-0.25, -0.2) is 0 Å². The molecule has 1 aliphatic heterocycles. The van der Waals surface area contributed by atoms with E-state index in [1.807, 2.05) is 30.3 Å². The third-order valence-electron chi connectivity index (χ3n) is 2.65. The van der Waals surface area contributed by atoms with Crippen molar-refractivity contribution in [3.05, 3.63) is 36.5 Å². The van der Waals surface area contributed by atoms with Crippen molar-refractivity contribution in [3.8, 4) is 5.75 Å². The maximum Gasteiger partial charge on any atom is 0.130 e. The maximum atomic E-state index is 5.86. The van der Waals surface area contributed by atoms with E-state index < -0.39 is 0 Å². The fourth-order valence-electron chi connectivity index (χ4n) is 1.70. The Labute approximate surface area is 88.1 Å². The average Bonchev–Trinajstić information content (AvgIpc) is 2.23. The Morgan fingerprint density at radius 2 is 2.07 bits per heavy atom. The molecule has 0 spiro atoms. The fourth-order valence-corrected chi connectivity index (χ4v) is 1.70. The summed E-state index contributed by atoms with van der Waals surface area (Å²) in [6.45, 7) is 1.88. The van der Waals surface area contributed by atoms with Crippen molar-refractivity contribution in [2.75, 3.05) is 13.1 Å². The van der Waals surface area contributed by atoms with Crippen molar-refractivity contribution in [2.24, 2.45) is 0 Å². The van der Waals surface area contributed by atoms with Gasteiger partial charge in [0, 0.05) is 24.7 Å². The van der Waals surface area contributed by atoms with E-state index in [0.29, 0.717) is 6.10 Å². The van der Waals surface area contributed by atoms with Gasteiger partial charge in [-0.05, 0) is 18.2 Å². The molecule has 2 heterocycles. The van der Waals surface area contributed by atoms with Crippen molar-refractivity contribution in [1.82, 2.24) is 10.3 Å². The van der Waals surface area contributed by atoms with Crippen LogP contribution in [0.2, 0.25) is 0 Å². The molecule has 15 heavy (non-hydrogen) atoms. The van der Waals surface area contributed by atoms with Gasteiger partial charge in [-0.2, -0.15) is 0 Å². The molecule has 1 fully saturated rings. The van der Waals surface area contributed by atoms with Crippen LogP contribution >= 0.6 is 0 Å². The van der Waals surface area contributed by atoms with Crippen LogP contribution in [0, 0.1) is 0 Å². The molecule has 1 aromatic heterocycles. The molecule has 3 heteroatoms. The quantitative estimate of drug-likeness (QED) is 0.799. The summed E-state index contributed by atoms with van der Waals surface area (Å²) in [5.41, 5.74) is 0.988. The number of hydrogen-bond donors (Lipinski definition) is 1. The number of pyridine rings is 1. The lowest BCUT2D eigenvalue weighted by Crippen LogP contribution is -2.50. The van der Waals surface area contributed by atoms with E-state index in [1.165, 1.54) is 0 Å². The van der Waals surface area contributed by atoms with Crippen LogP contribution in [-0.4, -0.2) is 24.2 Å². The Morgan fingerprint density at radius 1 is 1.20 bits per heavy atom. The van der Waals surface area contributed by atoms with Gasteiger partial charge >= 0.3 is 0 Å². The minimum absolute atomic E-state index is 0.316. The molecule has 1 saturated heterocycles. The number of nitrogens with zero attached hydrogens (tertiary/aromatic N) is 1. The largest absolute Gasteiger partial charge is 0.487 e. The number of rotatable bonds is 2. The number of benzene rings is 1. The Morgan fingerprint density at radius 3 is 2.87 bits per heavy atom. The van der Waals surface area contributed by atoms with Gasteiger partial charge in [0.1, 0.15) is 11.9 Å². The zero-order valence-electron chi connectivity index (χ0n) is 8.31. The molecule has 0 radical (unpaired) electrons. The topological polar surface area (TPSA) is 34.1 Å². The standard InChI is InChI=1S/C12H12N2O/c1-2-4-11-10(3-1)12(5-6-14-11)15-9-7-13-8-9/h1-6,9,13H,7-8H2. The number of hydrogen-bond acceptors (Lipinski definition) is 3. The molecule has 3 rings (SSSR count). The molecule has 0 bridgehead atoms. The van der Waals surface area contributed by atoms with Gasteiger partial charge in [0.05, 0.1) is 5.52 Å². The van der Waals surface area contributed by atoms with Gasteiger partial charge in [-0.3, -0.25) is 4.98 Å². The van der Waals surface area contributed by atoms with Crippen molar-refractivity contribution in [3.63, 3.8) is 0 Å². The van der Waals surface area contributed by atoms with Crippen LogP contribution in [-0.2, 0) is 0 Å². The minimum Gasteiger partial charge on any atom is -0.487 e. The van der Waals surface area contributed by atoms with E-state index in [-0.39, 0.29) is 0 Å². The van der Waals surface area contributed by atoms with Crippen LogP contribution in [0.1, 0.15) is 0 Å². The van der Waals surface area contributed by atoms with Crippen molar-refractivity contribution in [1.29, 1.82) is 0 Å². The Hall–Kier alpha value is -1.61. The number of ether oxygens (including phenoxy) is 1. The second-order valence-corrected chi connectivity index (χ2v) is 3.72. The molecule has 0 atom stereocenters. The summed E-state index contributed by atoms with van der Waals surface area (Å²) in [6, 6.07) is 9.98. The van der Waals surface area contributed by atoms with Crippen LogP contribution in [0.15, 0.2) is 36.5 Å². The molecule has 1 N–H and O–H groups in total. The van der Waals surface area contributed by atoms with Gasteiger partial charge in [0.2, 0.25) is 0 Å². The third kappa shape index (κ3) is 1.55. The smallest absolute Gasteiger partial charge is 0.130 e. The van der Waals surface area contributed by atoms with Crippen molar-refractivity contribution < 1.29 is 4.74 Å². The summed E-state index contributed by atoms with van der Waals surface area (Å²) in [5.74, 6) is 0.937. The number of para-hydroxylation sites is 1. The van der Waals surface area contributed by atoms with Crippen LogP contribution in [0.4, 0.5) is 0 Å². The number of fused-ring (bicyclic) bond motifs is 1. The van der Waals surface area contributed by atoms with Crippen LogP contribution in [0.5, 0.6) is 5.75 Å². The predicted molar refractivity (Wildman–Crippen MR) is 59.0 cm³/mol. The monoisotopic (exact) mass is 200 g/mol. The first kappa shape index (κ1) is 8.68. The molecule has 0 aliphatic carbocycles. The Balaban J connectivity index is 2.01. The molecule has 0 saturated carbocycles. The van der Waals surface area contributed by atoms with Gasteiger partial charge in [0.25, 0.3) is 0 Å². The number of nitrogens with one attached hydrogen (secondary N) is 1. The normalized spacial score (nSPS) is 16.3. The zero-order valence-corrected chi connectivity index (χ0v) is 8.31. The molecule has 1 aromatic carbocycles. The summed E-state index contributed by atoms with van der Waals surface area (Å²) < 4.78 is 5.86. The van der Waals surface area contributed by atoms with E-state index in [0.717, 1.165) is 29.7 Å². The van der Waals surface area contributed by atoms with E-state index in [4.69, 9.17) is 4.74 Å². The van der Waals surface area contributed by atoms with E-state index in [1.54, 1.807) is 6.20 Å². The second-order valence-electron chi connectivity index (χ2n) is 3.72. The minimum atomic E-state index is 0.316. The third-order valence-corrected chi connectivity index (χ3v) is 2.65. The summed E-state index contributed by atoms with van der Waals surface area (Å²) in [6.07, 6.45) is 2.11. The van der Waals surface area contributed by atoms with Crippen molar-refractivity contribution >= 4 is 10.9 Å². The van der Waals surface area contributed by atoms with Crippen LogP contribution in [0.25, 0.3) is 10.9 Å². The summed E-state index contributed by atoms with van der Waals surface area (Å²) in [4.78, 5) is 4.30. The predicted octanol–water partition coefficient (Wildman–Crippen LogP) is 1.59. The second kappa shape index (κ2) is 3.51. The average molecular weight is 200 g/mol. The first-order valence-electron chi connectivity index (χ1n) is 5.14. The SMILES string of the molecule is c1ccc2c(OC3CNC3)ccnc2c1. The first-order chi connectivity index (χ1) is 7.43. The summed E-state index contributed by atoms with van der Waals surface area (Å²) in [7, 11) is 0. The molecule has 76 valence electrons. The number of aromatic nitrogens is 1. The summed E-state index contributed by atoms with van der Waals surface area (Å²) >= 11 is 0. The van der Waals surface area contributed by atoms with Gasteiger partial charge in [-0.15, -0.1) is 0 Å². The lowest BCUT2D eigenvalue weighted by Gasteiger charge is -2.28. The highest BCUT2D eigenvalue weighted by Gasteiger charge is 2.18. The maximum absolute atomic E-state index is 5.86. The summed E-state index contributed by atoms with van der Waals surface area (Å²) in [5, 5.41) is 4.28. The van der Waals surface area contributed by atoms with Gasteiger partial charge in [-0.1, -0.05) is 12.1 Å². The highest BCUT2D eigenvalue weighted by molar-refractivity contribution is 5.84. The van der Waals surface area contributed by atoms with E-state index >= 15 is 0 Å². The van der Waals surface area contributed by atoms with Crippen LogP contribution < -0.4 is 10.1 Å². The van der Waals surface area contributed by atoms with E-state index in [2.05, 4.69) is 10.3 Å². The highest BCUT2D eigenvalue weighted by Crippen LogP contribution is 2.24. The van der Waals surface area contributed by atoms with Gasteiger partial charge < -0.3 is 10.1 Å². The molecular formula is C12H12N2O. The van der Waals surface area contributed by atoms with E-state index in [9.17, 15) is 0 Å². The molecule has 1 aliphatic rings. The zero-order chi connectivity index (χ0) is 10.1. The fraction of sp³-hybridized carbons (Fsp3) is 0.250. The lowest BCUT2D eigenvalue weighted by atomic mass is 10.2.